The Labute approximate surface area is 112 Å². The predicted octanol–water partition coefficient (Wildman–Crippen LogP) is 4.32. The molecule has 19 heavy (non-hydrogen) atoms. The summed E-state index contributed by atoms with van der Waals surface area (Å²) in [7, 11) is 0. The minimum atomic E-state index is 1.15. The molecule has 0 bridgehead atoms. The van der Waals surface area contributed by atoms with Gasteiger partial charge in [-0.25, -0.2) is 0 Å². The zero-order valence-corrected chi connectivity index (χ0v) is 11.1. The lowest BCUT2D eigenvalue weighted by molar-refractivity contribution is 1.27. The number of allylic oxidation sites excluding steroid dienone is 1. The quantitative estimate of drug-likeness (QED) is 0.718. The fraction of sp³-hybridized carbons (Fsp3) is 0.118. The van der Waals surface area contributed by atoms with E-state index in [0.29, 0.717) is 0 Å². The number of nitrogens with zero attached hydrogens (tertiary/aromatic N) is 1. The molecule has 2 heterocycles. The number of pyridine rings is 1. The van der Waals surface area contributed by atoms with Crippen molar-refractivity contribution in [2.24, 2.45) is 0 Å². The van der Waals surface area contributed by atoms with Gasteiger partial charge in [0.25, 0.3) is 0 Å². The minimum Gasteiger partial charge on any atom is -0.358 e. The molecule has 0 unspecified atom stereocenters. The van der Waals surface area contributed by atoms with Crippen LogP contribution in [0.1, 0.15) is 23.7 Å². The van der Waals surface area contributed by atoms with Crippen molar-refractivity contribution in [3.63, 3.8) is 0 Å². The van der Waals surface area contributed by atoms with E-state index in [1.165, 1.54) is 27.7 Å². The maximum absolute atomic E-state index is 4.22. The molecule has 0 aliphatic carbocycles. The number of hydrogen-bond donors (Lipinski definition) is 1. The van der Waals surface area contributed by atoms with Gasteiger partial charge in [0.15, 0.2) is 0 Å². The summed E-state index contributed by atoms with van der Waals surface area (Å²) in [6, 6.07) is 12.5. The van der Waals surface area contributed by atoms with Gasteiger partial charge < -0.3 is 4.98 Å². The molecule has 0 aliphatic heterocycles. The van der Waals surface area contributed by atoms with Crippen LogP contribution in [0.15, 0.2) is 54.9 Å². The molecule has 0 aliphatic rings. The number of aromatic amines is 1. The van der Waals surface area contributed by atoms with E-state index in [2.05, 4.69) is 60.2 Å². The summed E-state index contributed by atoms with van der Waals surface area (Å²) in [5, 5.41) is 1.26. The van der Waals surface area contributed by atoms with Crippen LogP contribution in [-0.2, 0) is 0 Å². The number of fused-ring (bicyclic) bond motifs is 1. The van der Waals surface area contributed by atoms with Crippen LogP contribution in [0.2, 0.25) is 0 Å². The van der Waals surface area contributed by atoms with Gasteiger partial charge in [-0.3, -0.25) is 4.98 Å². The van der Waals surface area contributed by atoms with Crippen LogP contribution < -0.4 is 0 Å². The fourth-order valence-corrected chi connectivity index (χ4v) is 2.60. The van der Waals surface area contributed by atoms with Crippen molar-refractivity contribution in [3.8, 4) is 0 Å². The smallest absolute Gasteiger partial charge is 0.0462 e. The third-order valence-electron chi connectivity index (χ3n) is 3.42. The molecule has 3 aromatic rings. The maximum atomic E-state index is 4.22. The first-order valence-corrected chi connectivity index (χ1v) is 6.45. The summed E-state index contributed by atoms with van der Waals surface area (Å²) in [4.78, 5) is 7.67. The molecular formula is C17H16N2. The van der Waals surface area contributed by atoms with Crippen molar-refractivity contribution in [1.29, 1.82) is 0 Å². The Morgan fingerprint density at radius 2 is 2.00 bits per heavy atom. The van der Waals surface area contributed by atoms with Crippen LogP contribution in [0.25, 0.3) is 16.5 Å². The Hall–Kier alpha value is -2.35. The molecule has 2 nitrogen and oxygen atoms in total. The molecule has 0 amide bonds. The average molecular weight is 248 g/mol. The van der Waals surface area contributed by atoms with Crippen LogP contribution in [0.3, 0.4) is 0 Å². The Morgan fingerprint density at radius 3 is 2.74 bits per heavy atom. The van der Waals surface area contributed by atoms with Crippen LogP contribution in [0, 0.1) is 6.92 Å². The molecule has 0 saturated heterocycles. The topological polar surface area (TPSA) is 28.7 Å². The number of nitrogens with one attached hydrogen (secondary N) is 1. The molecule has 0 fully saturated rings. The number of rotatable bonds is 2. The molecule has 3 rings (SSSR count). The maximum Gasteiger partial charge on any atom is 0.0462 e. The lowest BCUT2D eigenvalue weighted by atomic mass is 9.96. The van der Waals surface area contributed by atoms with E-state index in [9.17, 15) is 0 Å². The number of H-pyrrole nitrogens is 1. The zero-order chi connectivity index (χ0) is 13.2. The Bertz CT molecular complexity index is 736. The molecule has 94 valence electrons. The third-order valence-corrected chi connectivity index (χ3v) is 3.42. The van der Waals surface area contributed by atoms with E-state index in [1.807, 2.05) is 12.3 Å². The molecule has 0 saturated carbocycles. The van der Waals surface area contributed by atoms with Gasteiger partial charge in [-0.2, -0.15) is 0 Å². The minimum absolute atomic E-state index is 1.15. The number of para-hydroxylation sites is 1. The van der Waals surface area contributed by atoms with Crippen LogP contribution in [-0.4, -0.2) is 9.97 Å². The van der Waals surface area contributed by atoms with E-state index in [1.54, 1.807) is 6.20 Å². The molecular weight excluding hydrogens is 232 g/mol. The first-order chi connectivity index (χ1) is 9.31. The van der Waals surface area contributed by atoms with Gasteiger partial charge in [0.2, 0.25) is 0 Å². The highest BCUT2D eigenvalue weighted by Crippen LogP contribution is 2.32. The van der Waals surface area contributed by atoms with Crippen molar-refractivity contribution in [3.05, 3.63) is 71.7 Å². The summed E-state index contributed by atoms with van der Waals surface area (Å²) in [6.07, 6.45) is 5.87. The summed E-state index contributed by atoms with van der Waals surface area (Å²) < 4.78 is 0. The Balaban J connectivity index is 2.26. The molecule has 0 spiro atoms. The normalized spacial score (nSPS) is 12.0. The van der Waals surface area contributed by atoms with E-state index in [-0.39, 0.29) is 0 Å². The Morgan fingerprint density at radius 1 is 1.16 bits per heavy atom. The van der Waals surface area contributed by atoms with Gasteiger partial charge in [-0.15, -0.1) is 0 Å². The SMILES string of the molecule is CC=C(c1cccnc1)c1c(C)[nH]c2ccccc12. The van der Waals surface area contributed by atoms with Crippen LogP contribution in [0.5, 0.6) is 0 Å². The highest BCUT2D eigenvalue weighted by Gasteiger charge is 2.13. The van der Waals surface area contributed by atoms with Gasteiger partial charge in [0, 0.05) is 40.1 Å². The van der Waals surface area contributed by atoms with E-state index in [0.717, 1.165) is 5.56 Å². The van der Waals surface area contributed by atoms with Gasteiger partial charge in [0.1, 0.15) is 0 Å². The summed E-state index contributed by atoms with van der Waals surface area (Å²) in [6.45, 7) is 4.19. The van der Waals surface area contributed by atoms with Crippen molar-refractivity contribution in [2.45, 2.75) is 13.8 Å². The summed E-state index contributed by atoms with van der Waals surface area (Å²) >= 11 is 0. The second-order valence-corrected chi connectivity index (χ2v) is 4.61. The molecule has 0 radical (unpaired) electrons. The lowest BCUT2D eigenvalue weighted by Gasteiger charge is -2.07. The van der Waals surface area contributed by atoms with Gasteiger partial charge in [-0.05, 0) is 31.6 Å². The van der Waals surface area contributed by atoms with E-state index < -0.39 is 0 Å². The summed E-state index contributed by atoms with van der Waals surface area (Å²) in [5.41, 5.74) is 6.02. The zero-order valence-electron chi connectivity index (χ0n) is 11.1. The largest absolute Gasteiger partial charge is 0.358 e. The second kappa shape index (κ2) is 4.73. The van der Waals surface area contributed by atoms with Gasteiger partial charge >= 0.3 is 0 Å². The predicted molar refractivity (Wildman–Crippen MR) is 80.0 cm³/mol. The van der Waals surface area contributed by atoms with Gasteiger partial charge in [-0.1, -0.05) is 30.3 Å². The van der Waals surface area contributed by atoms with Crippen molar-refractivity contribution < 1.29 is 0 Å². The highest BCUT2D eigenvalue weighted by atomic mass is 14.7. The first kappa shape index (κ1) is 11.7. The Kier molecular flexibility index (Phi) is 2.92. The number of aromatic nitrogens is 2. The average Bonchev–Trinajstić information content (AvgIpc) is 2.78. The van der Waals surface area contributed by atoms with Crippen molar-refractivity contribution in [2.75, 3.05) is 0 Å². The highest BCUT2D eigenvalue weighted by molar-refractivity contribution is 5.98. The fourth-order valence-electron chi connectivity index (χ4n) is 2.60. The molecule has 1 aromatic carbocycles. The number of benzene rings is 1. The standard InChI is InChI=1S/C17H16N2/c1-3-14(13-7-6-10-18-11-13)17-12(2)19-16-9-5-4-8-15(16)17/h3-11,19H,1-2H3. The molecule has 0 atom stereocenters. The van der Waals surface area contributed by atoms with Crippen LogP contribution >= 0.6 is 0 Å². The van der Waals surface area contributed by atoms with Gasteiger partial charge in [0.05, 0.1) is 0 Å². The van der Waals surface area contributed by atoms with Crippen molar-refractivity contribution >= 4 is 16.5 Å². The number of aryl methyl sites for hydroxylation is 1. The van der Waals surface area contributed by atoms with Crippen molar-refractivity contribution in [1.82, 2.24) is 9.97 Å². The van der Waals surface area contributed by atoms with Crippen LogP contribution in [0.4, 0.5) is 0 Å². The molecule has 2 heteroatoms. The summed E-state index contributed by atoms with van der Waals surface area (Å²) in [5.74, 6) is 0. The van der Waals surface area contributed by atoms with E-state index >= 15 is 0 Å². The monoisotopic (exact) mass is 248 g/mol. The molecule has 1 N–H and O–H groups in total. The molecule has 2 aromatic heterocycles. The number of hydrogen-bond acceptors (Lipinski definition) is 1. The third kappa shape index (κ3) is 1.95. The lowest BCUT2D eigenvalue weighted by Crippen LogP contribution is -1.90. The first-order valence-electron chi connectivity index (χ1n) is 6.45. The second-order valence-electron chi connectivity index (χ2n) is 4.61. The van der Waals surface area contributed by atoms with E-state index in [4.69, 9.17) is 0 Å².